The van der Waals surface area contributed by atoms with Gasteiger partial charge < -0.3 is 0 Å². The minimum atomic E-state index is -0.366. The molecule has 2 rings (SSSR count). The standard InChI is InChI=1S/C14H12BrClFN/c1-9-4-3-7-18-13(9)8-11(15)10-5-2-6-12(16)14(10)17/h2-7,11H,8H2,1H3. The molecule has 4 heteroatoms. The van der Waals surface area contributed by atoms with Gasteiger partial charge in [-0.1, -0.05) is 45.7 Å². The number of alkyl halides is 1. The molecule has 0 saturated heterocycles. The Kier molecular flexibility index (Phi) is 4.36. The molecule has 0 aliphatic heterocycles. The highest BCUT2D eigenvalue weighted by molar-refractivity contribution is 9.09. The quantitative estimate of drug-likeness (QED) is 0.733. The fourth-order valence-corrected chi connectivity index (χ4v) is 2.62. The Morgan fingerprint density at radius 2 is 2.11 bits per heavy atom. The maximum atomic E-state index is 13.9. The van der Waals surface area contributed by atoms with Gasteiger partial charge in [0.2, 0.25) is 0 Å². The molecule has 1 aromatic heterocycles. The van der Waals surface area contributed by atoms with Crippen LogP contribution in [0.2, 0.25) is 5.02 Å². The zero-order valence-electron chi connectivity index (χ0n) is 9.83. The van der Waals surface area contributed by atoms with Gasteiger partial charge in [0.05, 0.1) is 5.02 Å². The second kappa shape index (κ2) is 5.81. The van der Waals surface area contributed by atoms with Gasteiger partial charge in [0.25, 0.3) is 0 Å². The predicted octanol–water partition coefficient (Wildman–Crippen LogP) is 4.86. The number of hydrogen-bond donors (Lipinski definition) is 0. The smallest absolute Gasteiger partial charge is 0.146 e. The molecule has 2 aromatic rings. The molecular weight excluding hydrogens is 317 g/mol. The first kappa shape index (κ1) is 13.5. The Morgan fingerprint density at radius 1 is 1.33 bits per heavy atom. The Morgan fingerprint density at radius 3 is 2.83 bits per heavy atom. The van der Waals surface area contributed by atoms with E-state index in [9.17, 15) is 4.39 Å². The van der Waals surface area contributed by atoms with Crippen LogP contribution in [0.25, 0.3) is 0 Å². The molecule has 1 nitrogen and oxygen atoms in total. The summed E-state index contributed by atoms with van der Waals surface area (Å²) < 4.78 is 13.9. The van der Waals surface area contributed by atoms with Gasteiger partial charge in [-0.2, -0.15) is 0 Å². The molecule has 0 spiro atoms. The van der Waals surface area contributed by atoms with Gasteiger partial charge in [-0.25, -0.2) is 4.39 Å². The number of pyridine rings is 1. The van der Waals surface area contributed by atoms with Crippen molar-refractivity contribution in [1.29, 1.82) is 0 Å². The maximum Gasteiger partial charge on any atom is 0.146 e. The van der Waals surface area contributed by atoms with Crippen molar-refractivity contribution in [2.45, 2.75) is 18.2 Å². The molecule has 1 atom stereocenters. The topological polar surface area (TPSA) is 12.9 Å². The van der Waals surface area contributed by atoms with Crippen LogP contribution in [0.4, 0.5) is 4.39 Å². The molecule has 1 heterocycles. The van der Waals surface area contributed by atoms with Crippen LogP contribution in [-0.2, 0) is 6.42 Å². The van der Waals surface area contributed by atoms with Crippen molar-refractivity contribution in [3.63, 3.8) is 0 Å². The first-order valence-corrected chi connectivity index (χ1v) is 6.87. The average Bonchev–Trinajstić information content (AvgIpc) is 2.35. The molecule has 0 bridgehead atoms. The van der Waals surface area contributed by atoms with Crippen LogP contribution >= 0.6 is 27.5 Å². The molecule has 1 unspecified atom stereocenters. The first-order chi connectivity index (χ1) is 8.59. The summed E-state index contributed by atoms with van der Waals surface area (Å²) in [4.78, 5) is 4.18. The molecule has 0 aliphatic carbocycles. The van der Waals surface area contributed by atoms with Gasteiger partial charge in [0.15, 0.2) is 0 Å². The monoisotopic (exact) mass is 327 g/mol. The molecule has 0 N–H and O–H groups in total. The Balaban J connectivity index is 2.25. The number of benzene rings is 1. The Labute approximate surface area is 119 Å². The number of rotatable bonds is 3. The Hall–Kier alpha value is -0.930. The zero-order valence-corrected chi connectivity index (χ0v) is 12.2. The van der Waals surface area contributed by atoms with E-state index in [1.807, 2.05) is 19.1 Å². The average molecular weight is 329 g/mol. The van der Waals surface area contributed by atoms with Crippen molar-refractivity contribution < 1.29 is 4.39 Å². The van der Waals surface area contributed by atoms with Crippen molar-refractivity contribution in [2.75, 3.05) is 0 Å². The molecule has 18 heavy (non-hydrogen) atoms. The van der Waals surface area contributed by atoms with Crippen molar-refractivity contribution in [1.82, 2.24) is 4.98 Å². The summed E-state index contributed by atoms with van der Waals surface area (Å²) in [6.45, 7) is 2.00. The fraction of sp³-hybridized carbons (Fsp3) is 0.214. The summed E-state index contributed by atoms with van der Waals surface area (Å²) in [5, 5.41) is 0.148. The third kappa shape index (κ3) is 2.90. The number of nitrogens with zero attached hydrogens (tertiary/aromatic N) is 1. The number of aromatic nitrogens is 1. The first-order valence-electron chi connectivity index (χ1n) is 5.58. The number of halogens is 3. The van der Waals surface area contributed by atoms with E-state index < -0.39 is 0 Å². The second-order valence-corrected chi connectivity index (χ2v) is 5.59. The van der Waals surface area contributed by atoms with E-state index in [0.717, 1.165) is 11.3 Å². The second-order valence-electron chi connectivity index (χ2n) is 4.08. The predicted molar refractivity (Wildman–Crippen MR) is 75.8 cm³/mol. The van der Waals surface area contributed by atoms with Crippen molar-refractivity contribution >= 4 is 27.5 Å². The van der Waals surface area contributed by atoms with Crippen LogP contribution in [0, 0.1) is 12.7 Å². The van der Waals surface area contributed by atoms with Crippen molar-refractivity contribution in [2.24, 2.45) is 0 Å². The minimum absolute atomic E-state index is 0.134. The van der Waals surface area contributed by atoms with Gasteiger partial charge >= 0.3 is 0 Å². The van der Waals surface area contributed by atoms with Crippen LogP contribution in [0.3, 0.4) is 0 Å². The van der Waals surface area contributed by atoms with E-state index in [4.69, 9.17) is 11.6 Å². The molecule has 0 radical (unpaired) electrons. The lowest BCUT2D eigenvalue weighted by Gasteiger charge is -2.12. The third-order valence-electron chi connectivity index (χ3n) is 2.81. The van der Waals surface area contributed by atoms with Gasteiger partial charge in [0, 0.05) is 28.7 Å². The van der Waals surface area contributed by atoms with E-state index >= 15 is 0 Å². The molecular formula is C14H12BrClFN. The normalized spacial score (nSPS) is 12.4. The van der Waals surface area contributed by atoms with E-state index in [-0.39, 0.29) is 15.7 Å². The largest absolute Gasteiger partial charge is 0.261 e. The summed E-state index contributed by atoms with van der Waals surface area (Å²) in [6.07, 6.45) is 2.38. The highest BCUT2D eigenvalue weighted by Gasteiger charge is 2.16. The zero-order chi connectivity index (χ0) is 13.1. The third-order valence-corrected chi connectivity index (χ3v) is 3.92. The SMILES string of the molecule is Cc1cccnc1CC(Br)c1cccc(Cl)c1F. The highest BCUT2D eigenvalue weighted by Crippen LogP contribution is 2.31. The summed E-state index contributed by atoms with van der Waals surface area (Å²) in [5.41, 5.74) is 2.62. The van der Waals surface area contributed by atoms with Crippen LogP contribution in [0.1, 0.15) is 21.6 Å². The summed E-state index contributed by atoms with van der Waals surface area (Å²) in [6, 6.07) is 8.92. The minimum Gasteiger partial charge on any atom is -0.261 e. The van der Waals surface area contributed by atoms with E-state index in [2.05, 4.69) is 20.9 Å². The van der Waals surface area contributed by atoms with Crippen molar-refractivity contribution in [3.8, 4) is 0 Å². The Bertz CT molecular complexity index is 559. The molecule has 0 fully saturated rings. The van der Waals surface area contributed by atoms with Gasteiger partial charge in [-0.15, -0.1) is 0 Å². The summed E-state index contributed by atoms with van der Waals surface area (Å²) in [7, 11) is 0. The van der Waals surface area contributed by atoms with Crippen LogP contribution in [-0.4, -0.2) is 4.98 Å². The van der Waals surface area contributed by atoms with E-state index in [1.54, 1.807) is 24.4 Å². The van der Waals surface area contributed by atoms with Gasteiger partial charge in [-0.3, -0.25) is 4.98 Å². The lowest BCUT2D eigenvalue weighted by Crippen LogP contribution is -2.02. The van der Waals surface area contributed by atoms with Crippen LogP contribution < -0.4 is 0 Å². The summed E-state index contributed by atoms with van der Waals surface area (Å²) >= 11 is 9.28. The summed E-state index contributed by atoms with van der Waals surface area (Å²) in [5.74, 6) is -0.366. The fourth-order valence-electron chi connectivity index (χ4n) is 1.77. The lowest BCUT2D eigenvalue weighted by molar-refractivity contribution is 0.607. The number of aryl methyl sites for hydroxylation is 1. The van der Waals surface area contributed by atoms with E-state index in [0.29, 0.717) is 12.0 Å². The highest BCUT2D eigenvalue weighted by atomic mass is 79.9. The van der Waals surface area contributed by atoms with Gasteiger partial charge in [-0.05, 0) is 24.6 Å². The van der Waals surface area contributed by atoms with Crippen LogP contribution in [0.15, 0.2) is 36.5 Å². The lowest BCUT2D eigenvalue weighted by atomic mass is 10.0. The van der Waals surface area contributed by atoms with Crippen LogP contribution in [0.5, 0.6) is 0 Å². The number of hydrogen-bond acceptors (Lipinski definition) is 1. The van der Waals surface area contributed by atoms with Crippen molar-refractivity contribution in [3.05, 3.63) is 64.2 Å². The molecule has 0 amide bonds. The van der Waals surface area contributed by atoms with E-state index in [1.165, 1.54) is 0 Å². The van der Waals surface area contributed by atoms with Gasteiger partial charge in [0.1, 0.15) is 5.82 Å². The molecule has 0 saturated carbocycles. The maximum absolute atomic E-state index is 13.9. The molecule has 0 aliphatic rings. The molecule has 1 aromatic carbocycles. The molecule has 94 valence electrons.